The first-order chi connectivity index (χ1) is 12.7. The number of hydrogen-bond acceptors (Lipinski definition) is 8. The molecule has 10 nitrogen and oxygen atoms in total. The van der Waals surface area contributed by atoms with Crippen LogP contribution in [0.1, 0.15) is 12.0 Å². The van der Waals surface area contributed by atoms with Crippen LogP contribution < -0.4 is 22.1 Å². The monoisotopic (exact) mass is 400 g/mol. The molecule has 27 heavy (non-hydrogen) atoms. The summed E-state index contributed by atoms with van der Waals surface area (Å²) in [4.78, 5) is 33.8. The van der Waals surface area contributed by atoms with Crippen LogP contribution in [0.25, 0.3) is 0 Å². The van der Waals surface area contributed by atoms with E-state index in [1.165, 1.54) is 6.07 Å². The number of carboxylic acid groups (broad SMARTS) is 1. The molecule has 9 N–H and O–H groups in total. The van der Waals surface area contributed by atoms with Gasteiger partial charge in [-0.1, -0.05) is 0 Å². The SMILES string of the molecule is NCCC(=O)NCCc1cc(O)c(O)c(SC[C@H](N)C(=O)NCC(=O)O)c1. The van der Waals surface area contributed by atoms with Gasteiger partial charge in [-0.3, -0.25) is 14.4 Å². The lowest BCUT2D eigenvalue weighted by molar-refractivity contribution is -0.138. The Morgan fingerprint density at radius 3 is 2.52 bits per heavy atom. The summed E-state index contributed by atoms with van der Waals surface area (Å²) in [5.41, 5.74) is 11.7. The number of nitrogens with two attached hydrogens (primary N) is 2. The Labute approximate surface area is 160 Å². The number of phenols is 2. The fraction of sp³-hybridized carbons (Fsp3) is 0.438. The second-order valence-corrected chi connectivity index (χ2v) is 6.69. The van der Waals surface area contributed by atoms with Crippen LogP contribution in [-0.4, -0.2) is 64.5 Å². The van der Waals surface area contributed by atoms with E-state index in [2.05, 4.69) is 10.6 Å². The number of rotatable bonds is 11. The van der Waals surface area contributed by atoms with Crippen molar-refractivity contribution in [3.8, 4) is 11.5 Å². The second kappa shape index (κ2) is 11.3. The van der Waals surface area contributed by atoms with Gasteiger partial charge in [0.05, 0.1) is 10.9 Å². The molecule has 1 aromatic carbocycles. The average molecular weight is 400 g/mol. The number of aromatic hydroxyl groups is 2. The molecule has 0 aromatic heterocycles. The predicted molar refractivity (Wildman–Crippen MR) is 99.5 cm³/mol. The fourth-order valence-corrected chi connectivity index (χ4v) is 3.00. The topological polar surface area (TPSA) is 188 Å². The van der Waals surface area contributed by atoms with Crippen molar-refractivity contribution < 1.29 is 29.7 Å². The maximum Gasteiger partial charge on any atom is 0.322 e. The molecule has 0 saturated carbocycles. The van der Waals surface area contributed by atoms with E-state index in [1.807, 2.05) is 0 Å². The third kappa shape index (κ3) is 8.15. The number of carbonyl (C=O) groups is 3. The van der Waals surface area contributed by atoms with Crippen molar-refractivity contribution in [1.82, 2.24) is 10.6 Å². The highest BCUT2D eigenvalue weighted by atomic mass is 32.2. The van der Waals surface area contributed by atoms with Gasteiger partial charge in [-0.05, 0) is 24.1 Å². The van der Waals surface area contributed by atoms with E-state index >= 15 is 0 Å². The quantitative estimate of drug-likeness (QED) is 0.175. The third-order valence-electron chi connectivity index (χ3n) is 3.39. The standard InChI is InChI=1S/C16H24N4O6S/c17-3-1-13(22)19-4-2-9-5-11(21)15(25)12(6-9)27-8-10(18)16(26)20-7-14(23)24/h5-6,10,21,25H,1-4,7-8,17-18H2,(H,19,22)(H,20,26)(H,23,24)/t10-/m0/s1. The second-order valence-electron chi connectivity index (χ2n) is 5.63. The average Bonchev–Trinajstić information content (AvgIpc) is 2.61. The Kier molecular flexibility index (Phi) is 9.40. The Morgan fingerprint density at radius 2 is 1.89 bits per heavy atom. The zero-order chi connectivity index (χ0) is 20.4. The van der Waals surface area contributed by atoms with Crippen LogP contribution in [0.5, 0.6) is 11.5 Å². The van der Waals surface area contributed by atoms with E-state index in [0.717, 1.165) is 11.8 Å². The molecule has 0 radical (unpaired) electrons. The van der Waals surface area contributed by atoms with Crippen LogP contribution in [0.2, 0.25) is 0 Å². The Bertz CT molecular complexity index is 685. The maximum absolute atomic E-state index is 11.7. The summed E-state index contributed by atoms with van der Waals surface area (Å²) in [5.74, 6) is -2.59. The largest absolute Gasteiger partial charge is 0.504 e. The van der Waals surface area contributed by atoms with Crippen LogP contribution in [0.3, 0.4) is 0 Å². The predicted octanol–water partition coefficient (Wildman–Crippen LogP) is -1.27. The smallest absolute Gasteiger partial charge is 0.322 e. The van der Waals surface area contributed by atoms with Gasteiger partial charge in [0.25, 0.3) is 0 Å². The first kappa shape index (κ1) is 22.5. The third-order valence-corrected chi connectivity index (χ3v) is 4.54. The van der Waals surface area contributed by atoms with E-state index in [0.29, 0.717) is 23.4 Å². The number of nitrogens with one attached hydrogen (secondary N) is 2. The van der Waals surface area contributed by atoms with Gasteiger partial charge in [-0.2, -0.15) is 0 Å². The lowest BCUT2D eigenvalue weighted by atomic mass is 10.1. The van der Waals surface area contributed by atoms with Crippen LogP contribution in [-0.2, 0) is 20.8 Å². The van der Waals surface area contributed by atoms with Gasteiger partial charge in [0, 0.05) is 25.3 Å². The molecule has 1 aromatic rings. The van der Waals surface area contributed by atoms with Crippen LogP contribution in [0.15, 0.2) is 17.0 Å². The number of benzene rings is 1. The van der Waals surface area contributed by atoms with Crippen molar-refractivity contribution in [2.75, 3.05) is 25.4 Å². The summed E-state index contributed by atoms with van der Waals surface area (Å²) in [6, 6.07) is 2.01. The van der Waals surface area contributed by atoms with Gasteiger partial charge in [-0.25, -0.2) is 0 Å². The van der Waals surface area contributed by atoms with Gasteiger partial charge in [-0.15, -0.1) is 11.8 Å². The normalized spacial score (nSPS) is 11.6. The highest BCUT2D eigenvalue weighted by Gasteiger charge is 2.17. The van der Waals surface area contributed by atoms with Crippen molar-refractivity contribution in [1.29, 1.82) is 0 Å². The zero-order valence-electron chi connectivity index (χ0n) is 14.6. The molecule has 0 heterocycles. The molecule has 0 bridgehead atoms. The molecule has 1 atom stereocenters. The van der Waals surface area contributed by atoms with Crippen molar-refractivity contribution >= 4 is 29.5 Å². The van der Waals surface area contributed by atoms with E-state index in [1.54, 1.807) is 6.07 Å². The Balaban J connectivity index is 2.64. The van der Waals surface area contributed by atoms with Crippen LogP contribution in [0, 0.1) is 0 Å². The molecular weight excluding hydrogens is 376 g/mol. The highest BCUT2D eigenvalue weighted by Crippen LogP contribution is 2.37. The number of aliphatic carboxylic acids is 1. The van der Waals surface area contributed by atoms with E-state index in [-0.39, 0.29) is 36.1 Å². The van der Waals surface area contributed by atoms with Crippen LogP contribution >= 0.6 is 11.8 Å². The Hall–Kier alpha value is -2.50. The van der Waals surface area contributed by atoms with Crippen molar-refractivity contribution in [2.24, 2.45) is 11.5 Å². The van der Waals surface area contributed by atoms with Crippen molar-refractivity contribution in [3.63, 3.8) is 0 Å². The van der Waals surface area contributed by atoms with E-state index in [4.69, 9.17) is 16.6 Å². The molecule has 1 rings (SSSR count). The summed E-state index contributed by atoms with van der Waals surface area (Å²) in [7, 11) is 0. The van der Waals surface area contributed by atoms with Gasteiger partial charge in [0.1, 0.15) is 6.54 Å². The van der Waals surface area contributed by atoms with Crippen molar-refractivity contribution in [2.45, 2.75) is 23.8 Å². The van der Waals surface area contributed by atoms with E-state index < -0.39 is 24.5 Å². The number of carbonyl (C=O) groups excluding carboxylic acids is 2. The zero-order valence-corrected chi connectivity index (χ0v) is 15.4. The van der Waals surface area contributed by atoms with Gasteiger partial charge in [0.2, 0.25) is 11.8 Å². The summed E-state index contributed by atoms with van der Waals surface area (Å²) in [6.07, 6.45) is 0.645. The maximum atomic E-state index is 11.7. The number of carboxylic acids is 1. The molecular formula is C16H24N4O6S. The minimum Gasteiger partial charge on any atom is -0.504 e. The summed E-state index contributed by atoms with van der Waals surface area (Å²) >= 11 is 1.05. The number of phenolic OH excluding ortho intramolecular Hbond substituents is 2. The molecule has 0 aliphatic rings. The number of thioether (sulfide) groups is 1. The number of amides is 2. The summed E-state index contributed by atoms with van der Waals surface area (Å²) in [5, 5.41) is 33.2. The first-order valence-corrected chi connectivity index (χ1v) is 9.12. The molecule has 0 aliphatic heterocycles. The molecule has 2 amide bonds. The molecule has 11 heteroatoms. The van der Waals surface area contributed by atoms with Crippen molar-refractivity contribution in [3.05, 3.63) is 17.7 Å². The molecule has 0 unspecified atom stereocenters. The molecule has 150 valence electrons. The molecule has 0 fully saturated rings. The molecule has 0 spiro atoms. The minimum absolute atomic E-state index is 0.0646. The molecule has 0 aliphatic carbocycles. The van der Waals surface area contributed by atoms with Crippen LogP contribution in [0.4, 0.5) is 0 Å². The minimum atomic E-state index is -1.18. The number of hydrogen-bond donors (Lipinski definition) is 7. The first-order valence-electron chi connectivity index (χ1n) is 8.14. The van der Waals surface area contributed by atoms with Gasteiger partial charge < -0.3 is 37.4 Å². The Morgan fingerprint density at radius 1 is 1.19 bits per heavy atom. The summed E-state index contributed by atoms with van der Waals surface area (Å²) < 4.78 is 0. The van der Waals surface area contributed by atoms with Gasteiger partial charge in [0.15, 0.2) is 11.5 Å². The lowest BCUT2D eigenvalue weighted by Gasteiger charge is -2.13. The molecule has 0 saturated heterocycles. The van der Waals surface area contributed by atoms with Gasteiger partial charge >= 0.3 is 5.97 Å². The lowest BCUT2D eigenvalue weighted by Crippen LogP contribution is -2.44. The highest BCUT2D eigenvalue weighted by molar-refractivity contribution is 7.99. The fourth-order valence-electron chi connectivity index (χ4n) is 2.02. The summed E-state index contributed by atoms with van der Waals surface area (Å²) in [6.45, 7) is 0.0613. The van der Waals surface area contributed by atoms with E-state index in [9.17, 15) is 24.6 Å².